The lowest BCUT2D eigenvalue weighted by Gasteiger charge is -2.26. The Morgan fingerprint density at radius 1 is 1.04 bits per heavy atom. The van der Waals surface area contributed by atoms with Crippen LogP contribution in [-0.4, -0.2) is 19.6 Å². The first-order chi connectivity index (χ1) is 13.6. The molecule has 0 radical (unpaired) electrons. The van der Waals surface area contributed by atoms with E-state index in [1.54, 1.807) is 0 Å². The number of piperidine rings is 1. The summed E-state index contributed by atoms with van der Waals surface area (Å²) in [5.41, 5.74) is 13.2. The minimum atomic E-state index is 0.224. The van der Waals surface area contributed by atoms with Crippen LogP contribution in [0.1, 0.15) is 54.8 Å². The van der Waals surface area contributed by atoms with Crippen molar-refractivity contribution in [2.45, 2.75) is 38.1 Å². The number of anilines is 1. The van der Waals surface area contributed by atoms with E-state index in [4.69, 9.17) is 17.3 Å². The van der Waals surface area contributed by atoms with Gasteiger partial charge in [-0.05, 0) is 80.6 Å². The van der Waals surface area contributed by atoms with Gasteiger partial charge in [0.15, 0.2) is 0 Å². The Bertz CT molecular complexity index is 849. The number of nitrogens with one attached hydrogen (secondary N) is 3. The molecule has 5 N–H and O–H groups in total. The number of fused-ring (bicyclic) bond motifs is 1. The van der Waals surface area contributed by atoms with Gasteiger partial charge in [-0.1, -0.05) is 29.8 Å². The van der Waals surface area contributed by atoms with Gasteiger partial charge in [0, 0.05) is 28.5 Å². The van der Waals surface area contributed by atoms with Gasteiger partial charge < -0.3 is 21.7 Å². The maximum atomic E-state index is 6.22. The summed E-state index contributed by atoms with van der Waals surface area (Å²) in [6.45, 7) is 5.05. The van der Waals surface area contributed by atoms with Crippen molar-refractivity contribution in [2.24, 2.45) is 5.73 Å². The summed E-state index contributed by atoms with van der Waals surface area (Å²) in [7, 11) is 0. The molecule has 2 aliphatic heterocycles. The van der Waals surface area contributed by atoms with E-state index in [-0.39, 0.29) is 6.04 Å². The van der Waals surface area contributed by atoms with Crippen molar-refractivity contribution in [3.8, 4) is 0 Å². The number of halogens is 1. The molecule has 0 aromatic heterocycles. The van der Waals surface area contributed by atoms with E-state index >= 15 is 0 Å². The van der Waals surface area contributed by atoms with Crippen molar-refractivity contribution in [3.63, 3.8) is 0 Å². The predicted octanol–water partition coefficient (Wildman–Crippen LogP) is 4.60. The van der Waals surface area contributed by atoms with Crippen molar-refractivity contribution >= 4 is 23.0 Å². The summed E-state index contributed by atoms with van der Waals surface area (Å²) in [5, 5.41) is 11.5. The first-order valence-electron chi connectivity index (χ1n) is 10.2. The highest BCUT2D eigenvalue weighted by Crippen LogP contribution is 2.36. The standard InChI is InChI=1S/C23H29ClN4/c1-15(25)23-20-7-2-17(16-8-11-26-12-9-16)14-21(20)22(10-13-27-23)28-19-5-3-18(24)4-6-19/h2-7,14,16,22,26-28H,8-13,25H2,1H3/b23-15-. The molecule has 4 rings (SSSR count). The molecule has 2 aromatic carbocycles. The van der Waals surface area contributed by atoms with Crippen molar-refractivity contribution in [3.05, 3.63) is 69.9 Å². The van der Waals surface area contributed by atoms with Crippen molar-refractivity contribution < 1.29 is 0 Å². The van der Waals surface area contributed by atoms with Gasteiger partial charge >= 0.3 is 0 Å². The van der Waals surface area contributed by atoms with E-state index in [0.717, 1.165) is 48.2 Å². The van der Waals surface area contributed by atoms with Gasteiger partial charge in [0.25, 0.3) is 0 Å². The zero-order valence-electron chi connectivity index (χ0n) is 16.4. The molecule has 1 saturated heterocycles. The number of benzene rings is 2. The van der Waals surface area contributed by atoms with Crippen LogP contribution in [0.25, 0.3) is 5.70 Å². The van der Waals surface area contributed by atoms with E-state index in [1.807, 2.05) is 31.2 Å². The van der Waals surface area contributed by atoms with Crippen LogP contribution in [0, 0.1) is 0 Å². The van der Waals surface area contributed by atoms with Crippen molar-refractivity contribution in [1.29, 1.82) is 0 Å². The van der Waals surface area contributed by atoms with Crippen LogP contribution in [0.3, 0.4) is 0 Å². The van der Waals surface area contributed by atoms with Gasteiger partial charge in [-0.25, -0.2) is 0 Å². The summed E-state index contributed by atoms with van der Waals surface area (Å²) in [4.78, 5) is 0. The molecule has 0 spiro atoms. The van der Waals surface area contributed by atoms with Crippen LogP contribution in [0.4, 0.5) is 5.69 Å². The fourth-order valence-electron chi connectivity index (χ4n) is 4.35. The summed E-state index contributed by atoms with van der Waals surface area (Å²) in [6, 6.07) is 15.1. The SMILES string of the molecule is C/C(N)=C1/NCCC(Nc2ccc(Cl)cc2)c2cc(C3CCNCC3)ccc21. The first-order valence-corrected chi connectivity index (χ1v) is 10.6. The molecule has 4 nitrogen and oxygen atoms in total. The third-order valence-corrected chi connectivity index (χ3v) is 6.10. The maximum absolute atomic E-state index is 6.22. The second-order valence-electron chi connectivity index (χ2n) is 7.85. The molecule has 1 fully saturated rings. The molecular weight excluding hydrogens is 368 g/mol. The number of rotatable bonds is 3. The average molecular weight is 397 g/mol. The quantitative estimate of drug-likeness (QED) is 0.612. The van der Waals surface area contributed by atoms with E-state index in [1.165, 1.54) is 29.5 Å². The summed E-state index contributed by atoms with van der Waals surface area (Å²) >= 11 is 6.06. The zero-order chi connectivity index (χ0) is 19.5. The highest BCUT2D eigenvalue weighted by molar-refractivity contribution is 6.30. The second-order valence-corrected chi connectivity index (χ2v) is 8.28. The van der Waals surface area contributed by atoms with E-state index < -0.39 is 0 Å². The highest BCUT2D eigenvalue weighted by atomic mass is 35.5. The summed E-state index contributed by atoms with van der Waals surface area (Å²) in [5.74, 6) is 0.630. The molecule has 2 heterocycles. The fourth-order valence-corrected chi connectivity index (χ4v) is 4.47. The normalized spacial score (nSPS) is 22.0. The van der Waals surface area contributed by atoms with Crippen LogP contribution in [-0.2, 0) is 0 Å². The Morgan fingerprint density at radius 2 is 1.79 bits per heavy atom. The van der Waals surface area contributed by atoms with Gasteiger partial charge in [-0.2, -0.15) is 0 Å². The van der Waals surface area contributed by atoms with Crippen LogP contribution in [0.5, 0.6) is 0 Å². The van der Waals surface area contributed by atoms with E-state index in [0.29, 0.717) is 5.92 Å². The molecule has 2 aromatic rings. The minimum absolute atomic E-state index is 0.224. The van der Waals surface area contributed by atoms with Crippen molar-refractivity contribution in [1.82, 2.24) is 10.6 Å². The number of hydrogen-bond acceptors (Lipinski definition) is 4. The van der Waals surface area contributed by atoms with Gasteiger partial charge in [-0.3, -0.25) is 0 Å². The molecule has 0 saturated carbocycles. The molecular formula is C23H29ClN4. The molecule has 1 unspecified atom stereocenters. The Kier molecular flexibility index (Phi) is 5.79. The molecule has 1 atom stereocenters. The maximum Gasteiger partial charge on any atom is 0.0605 e. The highest BCUT2D eigenvalue weighted by Gasteiger charge is 2.24. The average Bonchev–Trinajstić information content (AvgIpc) is 2.89. The molecule has 148 valence electrons. The van der Waals surface area contributed by atoms with Gasteiger partial charge in [0.1, 0.15) is 0 Å². The lowest BCUT2D eigenvalue weighted by atomic mass is 9.86. The van der Waals surface area contributed by atoms with Crippen LogP contribution in [0.2, 0.25) is 5.02 Å². The fraction of sp³-hybridized carbons (Fsp3) is 0.391. The molecule has 5 heteroatoms. The minimum Gasteiger partial charge on any atom is -0.401 e. The summed E-state index contributed by atoms with van der Waals surface area (Å²) in [6.07, 6.45) is 3.39. The number of hydrogen-bond donors (Lipinski definition) is 4. The number of allylic oxidation sites excluding steroid dienone is 1. The summed E-state index contributed by atoms with van der Waals surface area (Å²) < 4.78 is 0. The van der Waals surface area contributed by atoms with Crippen LogP contribution in [0.15, 0.2) is 48.2 Å². The number of nitrogens with two attached hydrogens (primary N) is 1. The van der Waals surface area contributed by atoms with Crippen molar-refractivity contribution in [2.75, 3.05) is 25.0 Å². The smallest absolute Gasteiger partial charge is 0.0605 e. The van der Waals surface area contributed by atoms with Crippen LogP contribution < -0.4 is 21.7 Å². The first kappa shape index (κ1) is 19.2. The Hall–Kier alpha value is -2.17. The Balaban J connectivity index is 1.72. The van der Waals surface area contributed by atoms with Gasteiger partial charge in [-0.15, -0.1) is 0 Å². The third kappa shape index (κ3) is 4.13. The lowest BCUT2D eigenvalue weighted by Crippen LogP contribution is -2.26. The Morgan fingerprint density at radius 3 is 2.50 bits per heavy atom. The van der Waals surface area contributed by atoms with Crippen LogP contribution >= 0.6 is 11.6 Å². The molecule has 0 aliphatic carbocycles. The predicted molar refractivity (Wildman–Crippen MR) is 119 cm³/mol. The molecule has 0 amide bonds. The zero-order valence-corrected chi connectivity index (χ0v) is 17.2. The monoisotopic (exact) mass is 396 g/mol. The van der Waals surface area contributed by atoms with Gasteiger partial charge in [0.2, 0.25) is 0 Å². The third-order valence-electron chi connectivity index (χ3n) is 5.85. The second kappa shape index (κ2) is 8.46. The molecule has 2 aliphatic rings. The molecule has 0 bridgehead atoms. The largest absolute Gasteiger partial charge is 0.401 e. The molecule has 28 heavy (non-hydrogen) atoms. The van der Waals surface area contributed by atoms with Gasteiger partial charge in [0.05, 0.1) is 11.7 Å². The Labute approximate surface area is 172 Å². The topological polar surface area (TPSA) is 62.1 Å². The van der Waals surface area contributed by atoms with E-state index in [9.17, 15) is 0 Å². The van der Waals surface area contributed by atoms with E-state index in [2.05, 4.69) is 34.1 Å². The lowest BCUT2D eigenvalue weighted by molar-refractivity contribution is 0.460.